The van der Waals surface area contributed by atoms with Crippen LogP contribution in [0.5, 0.6) is 0 Å². The van der Waals surface area contributed by atoms with Crippen LogP contribution in [-0.2, 0) is 14.4 Å². The number of benzene rings is 3. The Morgan fingerprint density at radius 3 is 2.20 bits per heavy atom. The molecule has 0 saturated carbocycles. The lowest BCUT2D eigenvalue weighted by molar-refractivity contribution is -0.129. The molecule has 0 aliphatic rings. The first kappa shape index (κ1) is 21.6. The third kappa shape index (κ3) is 4.90. The minimum absolute atomic E-state index is 0.222. The molecule has 5 N–H and O–H groups in total. The van der Waals surface area contributed by atoms with Crippen LogP contribution < -0.4 is 16.8 Å². The van der Waals surface area contributed by atoms with E-state index in [2.05, 4.69) is 5.32 Å². The van der Waals surface area contributed by atoms with Gasteiger partial charge in [0.2, 0.25) is 17.7 Å². The van der Waals surface area contributed by atoms with Gasteiger partial charge in [-0.3, -0.25) is 14.4 Å². The fourth-order valence-electron chi connectivity index (χ4n) is 3.26. The van der Waals surface area contributed by atoms with Crippen molar-refractivity contribution in [1.82, 2.24) is 5.32 Å². The predicted octanol–water partition coefficient (Wildman–Crippen LogP) is 3.45. The van der Waals surface area contributed by atoms with Crippen molar-refractivity contribution in [2.45, 2.75) is 18.4 Å². The molecule has 0 spiro atoms. The molecule has 0 radical (unpaired) electrons. The van der Waals surface area contributed by atoms with Crippen molar-refractivity contribution >= 4 is 51.7 Å². The number of carbonyl (C=O) groups is 3. The molecule has 0 fully saturated rings. The summed E-state index contributed by atoms with van der Waals surface area (Å²) >= 11 is 12.0. The quantitative estimate of drug-likeness (QED) is 0.519. The highest BCUT2D eigenvalue weighted by molar-refractivity contribution is 6.35. The van der Waals surface area contributed by atoms with Crippen molar-refractivity contribution in [2.24, 2.45) is 11.5 Å². The summed E-state index contributed by atoms with van der Waals surface area (Å²) in [4.78, 5) is 36.7. The number of hydrogen-bond donors (Lipinski definition) is 3. The molecule has 3 aromatic carbocycles. The van der Waals surface area contributed by atoms with Gasteiger partial charge in [0.1, 0.15) is 6.04 Å². The predicted molar refractivity (Wildman–Crippen MR) is 117 cm³/mol. The average molecular weight is 444 g/mol. The molecule has 0 heterocycles. The summed E-state index contributed by atoms with van der Waals surface area (Å²) < 4.78 is 0. The van der Waals surface area contributed by atoms with E-state index in [4.69, 9.17) is 34.7 Å². The highest BCUT2D eigenvalue weighted by atomic mass is 35.5. The van der Waals surface area contributed by atoms with Gasteiger partial charge in [-0.2, -0.15) is 0 Å². The molecule has 0 aliphatic carbocycles. The highest BCUT2D eigenvalue weighted by Gasteiger charge is 2.27. The van der Waals surface area contributed by atoms with E-state index in [-0.39, 0.29) is 11.4 Å². The molecule has 0 saturated heterocycles. The molecule has 2 unspecified atom stereocenters. The van der Waals surface area contributed by atoms with Crippen LogP contribution >= 0.6 is 23.2 Å². The zero-order valence-electron chi connectivity index (χ0n) is 15.8. The Hall–Kier alpha value is -3.09. The van der Waals surface area contributed by atoms with Crippen molar-refractivity contribution < 1.29 is 14.4 Å². The van der Waals surface area contributed by atoms with Crippen LogP contribution in [0, 0.1) is 0 Å². The Bertz CT molecular complexity index is 1130. The summed E-state index contributed by atoms with van der Waals surface area (Å²) in [6.07, 6.45) is -0.298. The van der Waals surface area contributed by atoms with Crippen LogP contribution in [0.25, 0.3) is 10.8 Å². The number of halogens is 2. The molecule has 30 heavy (non-hydrogen) atoms. The summed E-state index contributed by atoms with van der Waals surface area (Å²) in [5.74, 6) is -3.00. The van der Waals surface area contributed by atoms with E-state index in [0.29, 0.717) is 16.1 Å². The molecule has 8 heteroatoms. The van der Waals surface area contributed by atoms with Gasteiger partial charge in [-0.1, -0.05) is 65.7 Å². The largest absolute Gasteiger partial charge is 0.369 e. The fourth-order valence-corrected chi connectivity index (χ4v) is 3.80. The fraction of sp³-hybridized carbons (Fsp3) is 0.136. The average Bonchev–Trinajstić information content (AvgIpc) is 2.70. The van der Waals surface area contributed by atoms with Gasteiger partial charge >= 0.3 is 0 Å². The number of amides is 3. The molecule has 0 bridgehead atoms. The molecular formula is C22H19Cl2N3O3. The van der Waals surface area contributed by atoms with E-state index in [1.165, 1.54) is 6.07 Å². The van der Waals surface area contributed by atoms with Gasteiger partial charge in [-0.25, -0.2) is 0 Å². The third-order valence-corrected chi connectivity index (χ3v) is 5.33. The van der Waals surface area contributed by atoms with Crippen LogP contribution in [0.2, 0.25) is 10.0 Å². The van der Waals surface area contributed by atoms with Gasteiger partial charge in [-0.15, -0.1) is 0 Å². The topological polar surface area (TPSA) is 115 Å². The molecule has 0 aromatic heterocycles. The molecule has 6 nitrogen and oxygen atoms in total. The van der Waals surface area contributed by atoms with Gasteiger partial charge in [0.15, 0.2) is 0 Å². The van der Waals surface area contributed by atoms with Crippen molar-refractivity contribution in [1.29, 1.82) is 0 Å². The van der Waals surface area contributed by atoms with E-state index in [0.717, 1.165) is 10.8 Å². The minimum atomic E-state index is -1.06. The molecule has 154 valence electrons. The monoisotopic (exact) mass is 443 g/mol. The second-order valence-electron chi connectivity index (χ2n) is 6.83. The summed E-state index contributed by atoms with van der Waals surface area (Å²) in [6, 6.07) is 16.5. The maximum atomic E-state index is 12.7. The lowest BCUT2D eigenvalue weighted by Crippen LogP contribution is -2.39. The minimum Gasteiger partial charge on any atom is -0.369 e. The van der Waals surface area contributed by atoms with E-state index >= 15 is 0 Å². The lowest BCUT2D eigenvalue weighted by atomic mass is 9.94. The number of nitrogens with one attached hydrogen (secondary N) is 1. The first-order valence-corrected chi connectivity index (χ1v) is 9.83. The normalized spacial score (nSPS) is 12.9. The zero-order chi connectivity index (χ0) is 21.8. The molecule has 2 atom stereocenters. The first-order chi connectivity index (χ1) is 14.3. The van der Waals surface area contributed by atoms with Gasteiger partial charge in [0.05, 0.1) is 5.92 Å². The number of primary amides is 2. The molecule has 3 amide bonds. The summed E-state index contributed by atoms with van der Waals surface area (Å²) in [5, 5.41) is 5.09. The van der Waals surface area contributed by atoms with Crippen molar-refractivity contribution in [3.8, 4) is 0 Å². The van der Waals surface area contributed by atoms with Gasteiger partial charge in [-0.05, 0) is 40.1 Å². The standard InChI is InChI=1S/C22H19Cl2N3O3/c23-15-7-8-16(18(24)10-15)17(21(25)29)11-19(28)27-20(22(26)30)14-6-5-12-3-1-2-4-13(12)9-14/h1-10,17,20H,11H2,(H2,25,29)(H2,26,30)(H,27,28). The highest BCUT2D eigenvalue weighted by Crippen LogP contribution is 2.30. The second kappa shape index (κ2) is 9.15. The molecule has 3 rings (SSSR count). The van der Waals surface area contributed by atoms with E-state index in [1.54, 1.807) is 24.3 Å². The Kier molecular flexibility index (Phi) is 6.59. The SMILES string of the molecule is NC(=O)C(CC(=O)NC(C(N)=O)c1ccc2ccccc2c1)c1ccc(Cl)cc1Cl. The number of carbonyl (C=O) groups excluding carboxylic acids is 3. The van der Waals surface area contributed by atoms with Gasteiger partial charge in [0.25, 0.3) is 0 Å². The van der Waals surface area contributed by atoms with Crippen molar-refractivity contribution in [2.75, 3.05) is 0 Å². The third-order valence-electron chi connectivity index (χ3n) is 4.77. The number of rotatable bonds is 7. The van der Waals surface area contributed by atoms with Crippen LogP contribution in [0.4, 0.5) is 0 Å². The van der Waals surface area contributed by atoms with Gasteiger partial charge < -0.3 is 16.8 Å². The van der Waals surface area contributed by atoms with Crippen LogP contribution in [0.1, 0.15) is 29.5 Å². The Morgan fingerprint density at radius 1 is 0.867 bits per heavy atom. The lowest BCUT2D eigenvalue weighted by Gasteiger charge is -2.19. The molecule has 0 aliphatic heterocycles. The Balaban J connectivity index is 1.83. The number of nitrogens with two attached hydrogens (primary N) is 2. The molecular weight excluding hydrogens is 425 g/mol. The second-order valence-corrected chi connectivity index (χ2v) is 7.68. The Morgan fingerprint density at radius 2 is 1.57 bits per heavy atom. The van der Waals surface area contributed by atoms with Crippen LogP contribution in [0.15, 0.2) is 60.7 Å². The van der Waals surface area contributed by atoms with E-state index in [9.17, 15) is 14.4 Å². The van der Waals surface area contributed by atoms with Crippen LogP contribution in [0.3, 0.4) is 0 Å². The van der Waals surface area contributed by atoms with Crippen molar-refractivity contribution in [3.05, 3.63) is 81.8 Å². The first-order valence-electron chi connectivity index (χ1n) is 9.08. The van der Waals surface area contributed by atoms with E-state index in [1.807, 2.05) is 30.3 Å². The number of hydrogen-bond acceptors (Lipinski definition) is 3. The van der Waals surface area contributed by atoms with Crippen LogP contribution in [-0.4, -0.2) is 17.7 Å². The van der Waals surface area contributed by atoms with E-state index < -0.39 is 29.7 Å². The molecule has 3 aromatic rings. The Labute approximate surface area is 183 Å². The zero-order valence-corrected chi connectivity index (χ0v) is 17.3. The maximum absolute atomic E-state index is 12.7. The summed E-state index contributed by atoms with van der Waals surface area (Å²) in [6.45, 7) is 0. The summed E-state index contributed by atoms with van der Waals surface area (Å²) in [7, 11) is 0. The van der Waals surface area contributed by atoms with Crippen molar-refractivity contribution in [3.63, 3.8) is 0 Å². The maximum Gasteiger partial charge on any atom is 0.244 e. The summed E-state index contributed by atoms with van der Waals surface area (Å²) in [5.41, 5.74) is 11.9. The number of fused-ring (bicyclic) bond motifs is 1. The smallest absolute Gasteiger partial charge is 0.244 e. The van der Waals surface area contributed by atoms with Gasteiger partial charge in [0, 0.05) is 16.5 Å².